The molecule has 2 nitrogen and oxygen atoms in total. The summed E-state index contributed by atoms with van der Waals surface area (Å²) >= 11 is 5.34. The first-order chi connectivity index (χ1) is 5.12. The summed E-state index contributed by atoms with van der Waals surface area (Å²) in [5.74, 6) is 0. The molecule has 0 saturated carbocycles. The maximum absolute atomic E-state index is 8.67. The van der Waals surface area contributed by atoms with Crippen molar-refractivity contribution in [3.8, 4) is 0 Å². The Morgan fingerprint density at radius 1 is 1.55 bits per heavy atom. The average molecular weight is 178 g/mol. The Morgan fingerprint density at radius 2 is 2.18 bits per heavy atom. The highest BCUT2D eigenvalue weighted by molar-refractivity contribution is 6.25. The third kappa shape index (κ3) is 6.35. The maximum atomic E-state index is 8.67. The number of aliphatic hydroxyl groups excluding tert-OH is 1. The minimum Gasteiger partial charge on any atom is -0.396 e. The van der Waals surface area contributed by atoms with Crippen LogP contribution in [0.25, 0.3) is 0 Å². The zero-order chi connectivity index (χ0) is 8.74. The van der Waals surface area contributed by atoms with Gasteiger partial charge in [-0.3, -0.25) is 0 Å². The Kier molecular flexibility index (Phi) is 5.56. The summed E-state index contributed by atoms with van der Waals surface area (Å²) in [4.78, 5) is 0. The molecule has 0 rings (SSSR count). The van der Waals surface area contributed by atoms with E-state index in [1.807, 2.05) is 19.9 Å². The smallest absolute Gasteiger partial charge is 0.0448 e. The lowest BCUT2D eigenvalue weighted by Gasteiger charge is -2.24. The zero-order valence-corrected chi connectivity index (χ0v) is 7.86. The SMILES string of the molecule is CC(C)(CCO)NC/C=C/Cl. The van der Waals surface area contributed by atoms with E-state index in [2.05, 4.69) is 5.32 Å². The molecule has 0 aliphatic carbocycles. The Labute approximate surface area is 73.3 Å². The summed E-state index contributed by atoms with van der Waals surface area (Å²) in [7, 11) is 0. The fourth-order valence-electron chi connectivity index (χ4n) is 0.748. The van der Waals surface area contributed by atoms with E-state index < -0.39 is 0 Å². The van der Waals surface area contributed by atoms with Crippen molar-refractivity contribution in [2.24, 2.45) is 0 Å². The van der Waals surface area contributed by atoms with Crippen LogP contribution in [0.5, 0.6) is 0 Å². The number of halogens is 1. The van der Waals surface area contributed by atoms with E-state index in [9.17, 15) is 0 Å². The van der Waals surface area contributed by atoms with E-state index in [1.54, 1.807) is 0 Å². The van der Waals surface area contributed by atoms with E-state index in [0.29, 0.717) is 0 Å². The highest BCUT2D eigenvalue weighted by Gasteiger charge is 2.14. The van der Waals surface area contributed by atoms with Gasteiger partial charge in [-0.1, -0.05) is 17.7 Å². The lowest BCUT2D eigenvalue weighted by Crippen LogP contribution is -2.39. The Hall–Kier alpha value is -0.0500. The minimum absolute atomic E-state index is 0.00878. The second kappa shape index (κ2) is 5.58. The summed E-state index contributed by atoms with van der Waals surface area (Å²) in [6.07, 6.45) is 2.59. The van der Waals surface area contributed by atoms with Gasteiger partial charge in [0.15, 0.2) is 0 Å². The van der Waals surface area contributed by atoms with Crippen LogP contribution in [-0.4, -0.2) is 23.8 Å². The average Bonchev–Trinajstić information content (AvgIpc) is 1.87. The molecule has 0 unspecified atom stereocenters. The molecular formula is C8H16ClNO. The number of nitrogens with one attached hydrogen (secondary N) is 1. The lowest BCUT2D eigenvalue weighted by molar-refractivity contribution is 0.234. The molecule has 0 aromatic carbocycles. The van der Waals surface area contributed by atoms with Gasteiger partial charge in [-0.2, -0.15) is 0 Å². The maximum Gasteiger partial charge on any atom is 0.0448 e. The van der Waals surface area contributed by atoms with Crippen LogP contribution in [0.1, 0.15) is 20.3 Å². The van der Waals surface area contributed by atoms with Gasteiger partial charge in [0.1, 0.15) is 0 Å². The molecule has 0 bridgehead atoms. The van der Waals surface area contributed by atoms with Crippen LogP contribution in [-0.2, 0) is 0 Å². The first-order valence-corrected chi connectivity index (χ1v) is 4.17. The zero-order valence-electron chi connectivity index (χ0n) is 7.10. The number of hydrogen-bond donors (Lipinski definition) is 2. The van der Waals surface area contributed by atoms with Gasteiger partial charge in [-0.25, -0.2) is 0 Å². The molecule has 2 N–H and O–H groups in total. The summed E-state index contributed by atoms with van der Waals surface area (Å²) in [6.45, 7) is 5.05. The van der Waals surface area contributed by atoms with Crippen LogP contribution in [0.3, 0.4) is 0 Å². The van der Waals surface area contributed by atoms with Crippen molar-refractivity contribution in [2.45, 2.75) is 25.8 Å². The summed E-state index contributed by atoms with van der Waals surface area (Å²) < 4.78 is 0. The van der Waals surface area contributed by atoms with Crippen LogP contribution in [0.15, 0.2) is 11.6 Å². The van der Waals surface area contributed by atoms with Crippen molar-refractivity contribution < 1.29 is 5.11 Å². The van der Waals surface area contributed by atoms with Crippen molar-refractivity contribution in [3.05, 3.63) is 11.6 Å². The molecule has 0 radical (unpaired) electrons. The molecule has 0 spiro atoms. The summed E-state index contributed by atoms with van der Waals surface area (Å²) in [5, 5.41) is 11.9. The number of aliphatic hydroxyl groups is 1. The van der Waals surface area contributed by atoms with Gasteiger partial charge in [-0.05, 0) is 20.3 Å². The van der Waals surface area contributed by atoms with E-state index >= 15 is 0 Å². The quantitative estimate of drug-likeness (QED) is 0.667. The first kappa shape index (κ1) is 11.0. The predicted molar refractivity (Wildman–Crippen MR) is 48.8 cm³/mol. The molecule has 0 aromatic rings. The van der Waals surface area contributed by atoms with Crippen molar-refractivity contribution in [2.75, 3.05) is 13.2 Å². The Bertz CT molecular complexity index is 123. The molecule has 0 atom stereocenters. The molecule has 0 aromatic heterocycles. The molecule has 0 amide bonds. The van der Waals surface area contributed by atoms with Crippen LogP contribution >= 0.6 is 11.6 Å². The highest BCUT2D eigenvalue weighted by Crippen LogP contribution is 2.06. The predicted octanol–water partition coefficient (Wildman–Crippen LogP) is 1.49. The molecule has 3 heteroatoms. The van der Waals surface area contributed by atoms with Gasteiger partial charge >= 0.3 is 0 Å². The van der Waals surface area contributed by atoms with Crippen LogP contribution in [0, 0.1) is 0 Å². The van der Waals surface area contributed by atoms with Gasteiger partial charge in [0.05, 0.1) is 0 Å². The molecule has 0 heterocycles. The first-order valence-electron chi connectivity index (χ1n) is 3.73. The van der Waals surface area contributed by atoms with Crippen molar-refractivity contribution >= 4 is 11.6 Å². The topological polar surface area (TPSA) is 32.3 Å². The van der Waals surface area contributed by atoms with E-state index in [1.165, 1.54) is 5.54 Å². The van der Waals surface area contributed by atoms with Gasteiger partial charge in [-0.15, -0.1) is 0 Å². The monoisotopic (exact) mass is 177 g/mol. The Balaban J connectivity index is 3.54. The van der Waals surface area contributed by atoms with E-state index in [4.69, 9.17) is 16.7 Å². The summed E-state index contributed by atoms with van der Waals surface area (Å²) in [6, 6.07) is 0. The van der Waals surface area contributed by atoms with Crippen molar-refractivity contribution in [1.29, 1.82) is 0 Å². The second-order valence-electron chi connectivity index (χ2n) is 3.10. The fourth-order valence-corrected chi connectivity index (χ4v) is 0.837. The van der Waals surface area contributed by atoms with E-state index in [-0.39, 0.29) is 12.1 Å². The van der Waals surface area contributed by atoms with Gasteiger partial charge in [0, 0.05) is 24.2 Å². The van der Waals surface area contributed by atoms with Gasteiger partial charge in [0.2, 0.25) is 0 Å². The third-order valence-corrected chi connectivity index (χ3v) is 1.70. The van der Waals surface area contributed by atoms with Crippen molar-refractivity contribution in [3.63, 3.8) is 0 Å². The molecule has 0 fully saturated rings. The second-order valence-corrected chi connectivity index (χ2v) is 3.35. The minimum atomic E-state index is -0.00878. The molecule has 11 heavy (non-hydrogen) atoms. The molecule has 0 aliphatic heterocycles. The van der Waals surface area contributed by atoms with Gasteiger partial charge in [0.25, 0.3) is 0 Å². The summed E-state index contributed by atoms with van der Waals surface area (Å²) in [5.41, 5.74) is 1.48. The van der Waals surface area contributed by atoms with Crippen molar-refractivity contribution in [1.82, 2.24) is 5.32 Å². The van der Waals surface area contributed by atoms with Crippen LogP contribution < -0.4 is 5.32 Å². The number of rotatable bonds is 5. The lowest BCUT2D eigenvalue weighted by atomic mass is 10.0. The molecular weight excluding hydrogens is 162 g/mol. The largest absolute Gasteiger partial charge is 0.396 e. The van der Waals surface area contributed by atoms with E-state index in [0.717, 1.165) is 13.0 Å². The van der Waals surface area contributed by atoms with Gasteiger partial charge < -0.3 is 10.4 Å². The third-order valence-electron chi connectivity index (χ3n) is 1.52. The van der Waals surface area contributed by atoms with Crippen LogP contribution in [0.2, 0.25) is 0 Å². The normalized spacial score (nSPS) is 12.7. The molecule has 0 aliphatic rings. The standard InChI is InChI=1S/C8H16ClNO/c1-8(2,4-7-11)10-6-3-5-9/h3,5,10-11H,4,6-7H2,1-2H3/b5-3+. The Morgan fingerprint density at radius 3 is 2.64 bits per heavy atom. The molecule has 66 valence electrons. The number of hydrogen-bond acceptors (Lipinski definition) is 2. The van der Waals surface area contributed by atoms with Crippen LogP contribution in [0.4, 0.5) is 0 Å². The highest BCUT2D eigenvalue weighted by atomic mass is 35.5. The fraction of sp³-hybridized carbons (Fsp3) is 0.750. The molecule has 0 saturated heterocycles.